The number of fused-ring (bicyclic) bond motifs is 1. The first-order valence-corrected chi connectivity index (χ1v) is 14.7. The number of rotatable bonds is 9. The standard InChI is InChI=1S/C35H38BrNO3/c1-24-5-11-27(12-6-24)34(28-13-7-25(2)8-14-28)37(20-19-26-9-16-31(36)17-10-26)22-32(38)29-15-18-33-30(21-29)23-39-35(3,4)40-33/h5-18,21,32,34,38H,19-20,22-23H2,1-4H3. The lowest BCUT2D eigenvalue weighted by Crippen LogP contribution is -2.36. The van der Waals surface area contributed by atoms with E-state index in [9.17, 15) is 5.11 Å². The minimum atomic E-state index is -0.677. The Labute approximate surface area is 246 Å². The molecule has 0 bridgehead atoms. The molecule has 4 aromatic carbocycles. The van der Waals surface area contributed by atoms with Gasteiger partial charge in [0, 0.05) is 37.0 Å². The van der Waals surface area contributed by atoms with Crippen LogP contribution in [-0.4, -0.2) is 28.9 Å². The Morgan fingerprint density at radius 1 is 0.825 bits per heavy atom. The monoisotopic (exact) mass is 599 g/mol. The minimum absolute atomic E-state index is 0.00334. The molecule has 5 heteroatoms. The summed E-state index contributed by atoms with van der Waals surface area (Å²) in [6.45, 7) is 9.79. The Hall–Kier alpha value is -2.96. The molecule has 0 saturated carbocycles. The fraction of sp³-hybridized carbons (Fsp3) is 0.314. The molecule has 1 aliphatic rings. The molecule has 0 aromatic heterocycles. The minimum Gasteiger partial charge on any atom is -0.463 e. The molecule has 0 saturated heterocycles. The summed E-state index contributed by atoms with van der Waals surface area (Å²) in [7, 11) is 0. The molecule has 0 amide bonds. The number of aliphatic hydroxyl groups is 1. The molecule has 4 aromatic rings. The molecule has 1 atom stereocenters. The number of aryl methyl sites for hydroxylation is 2. The largest absolute Gasteiger partial charge is 0.463 e. The predicted octanol–water partition coefficient (Wildman–Crippen LogP) is 8.08. The zero-order valence-electron chi connectivity index (χ0n) is 23.7. The third-order valence-electron chi connectivity index (χ3n) is 7.56. The molecule has 0 fully saturated rings. The zero-order valence-corrected chi connectivity index (χ0v) is 25.3. The summed E-state index contributed by atoms with van der Waals surface area (Å²) < 4.78 is 12.9. The van der Waals surface area contributed by atoms with Crippen LogP contribution in [-0.2, 0) is 17.8 Å². The van der Waals surface area contributed by atoms with Crippen LogP contribution < -0.4 is 4.74 Å². The SMILES string of the molecule is Cc1ccc(C(c2ccc(C)cc2)N(CCc2ccc(Br)cc2)CC(O)c2ccc3c(c2)COC(C)(C)O3)cc1. The molecule has 1 unspecified atom stereocenters. The van der Waals surface area contributed by atoms with Crippen LogP contribution in [0, 0.1) is 13.8 Å². The van der Waals surface area contributed by atoms with Gasteiger partial charge in [-0.25, -0.2) is 0 Å². The number of hydrogen-bond donors (Lipinski definition) is 1. The van der Waals surface area contributed by atoms with Crippen molar-refractivity contribution in [3.63, 3.8) is 0 Å². The van der Waals surface area contributed by atoms with Gasteiger partial charge in [0.15, 0.2) is 0 Å². The molecular weight excluding hydrogens is 562 g/mol. The second kappa shape index (κ2) is 12.3. The van der Waals surface area contributed by atoms with Gasteiger partial charge >= 0.3 is 0 Å². The van der Waals surface area contributed by atoms with Crippen LogP contribution in [0.3, 0.4) is 0 Å². The lowest BCUT2D eigenvalue weighted by atomic mass is 9.94. The molecule has 1 N–H and O–H groups in total. The summed E-state index contributed by atoms with van der Waals surface area (Å²) in [6.07, 6.45) is 0.193. The van der Waals surface area contributed by atoms with Crippen molar-refractivity contribution >= 4 is 15.9 Å². The van der Waals surface area contributed by atoms with E-state index in [2.05, 4.69) is 107 Å². The van der Waals surface area contributed by atoms with Crippen LogP contribution in [0.15, 0.2) is 95.5 Å². The van der Waals surface area contributed by atoms with Crippen molar-refractivity contribution in [2.24, 2.45) is 0 Å². The molecule has 4 nitrogen and oxygen atoms in total. The normalized spacial score (nSPS) is 15.1. The van der Waals surface area contributed by atoms with Gasteiger partial charge in [-0.2, -0.15) is 0 Å². The fourth-order valence-corrected chi connectivity index (χ4v) is 5.52. The zero-order chi connectivity index (χ0) is 28.3. The summed E-state index contributed by atoms with van der Waals surface area (Å²) >= 11 is 3.55. The van der Waals surface area contributed by atoms with Crippen LogP contribution in [0.25, 0.3) is 0 Å². The molecule has 40 heavy (non-hydrogen) atoms. The fourth-order valence-electron chi connectivity index (χ4n) is 5.25. The van der Waals surface area contributed by atoms with Crippen molar-refractivity contribution < 1.29 is 14.6 Å². The molecule has 0 radical (unpaired) electrons. The summed E-state index contributed by atoms with van der Waals surface area (Å²) in [5, 5.41) is 11.6. The number of aliphatic hydroxyl groups excluding tert-OH is 1. The van der Waals surface area contributed by atoms with Gasteiger partial charge in [-0.15, -0.1) is 0 Å². The Bertz CT molecular complexity index is 1370. The first-order chi connectivity index (χ1) is 19.2. The van der Waals surface area contributed by atoms with Crippen LogP contribution >= 0.6 is 15.9 Å². The van der Waals surface area contributed by atoms with E-state index >= 15 is 0 Å². The Morgan fingerprint density at radius 3 is 2.00 bits per heavy atom. The van der Waals surface area contributed by atoms with Crippen molar-refractivity contribution in [1.82, 2.24) is 4.90 Å². The van der Waals surface area contributed by atoms with Gasteiger partial charge in [-0.1, -0.05) is 93.8 Å². The van der Waals surface area contributed by atoms with Crippen molar-refractivity contribution in [3.05, 3.63) is 134 Å². The van der Waals surface area contributed by atoms with Crippen molar-refractivity contribution in [2.45, 2.75) is 58.7 Å². The van der Waals surface area contributed by atoms with E-state index in [1.54, 1.807) is 0 Å². The quantitative estimate of drug-likeness (QED) is 0.211. The summed E-state index contributed by atoms with van der Waals surface area (Å²) in [4.78, 5) is 2.41. The second-order valence-electron chi connectivity index (χ2n) is 11.3. The van der Waals surface area contributed by atoms with Crippen molar-refractivity contribution in [3.8, 4) is 5.75 Å². The maximum Gasteiger partial charge on any atom is 0.205 e. The van der Waals surface area contributed by atoms with Crippen LogP contribution in [0.4, 0.5) is 0 Å². The van der Waals surface area contributed by atoms with Crippen LogP contribution in [0.2, 0.25) is 0 Å². The summed E-state index contributed by atoms with van der Waals surface area (Å²) in [6, 6.07) is 32.0. The highest BCUT2D eigenvalue weighted by Crippen LogP contribution is 2.35. The lowest BCUT2D eigenvalue weighted by molar-refractivity contribution is -0.180. The van der Waals surface area contributed by atoms with Gasteiger partial charge in [0.25, 0.3) is 0 Å². The number of halogens is 1. The van der Waals surface area contributed by atoms with Crippen molar-refractivity contribution in [2.75, 3.05) is 13.1 Å². The van der Waals surface area contributed by atoms with Gasteiger partial charge in [0.1, 0.15) is 5.75 Å². The molecule has 0 spiro atoms. The first-order valence-electron chi connectivity index (χ1n) is 13.9. The highest BCUT2D eigenvalue weighted by molar-refractivity contribution is 9.10. The smallest absolute Gasteiger partial charge is 0.205 e. The average Bonchev–Trinajstić information content (AvgIpc) is 2.94. The number of hydrogen-bond acceptors (Lipinski definition) is 4. The Balaban J connectivity index is 1.48. The highest BCUT2D eigenvalue weighted by Gasteiger charge is 2.29. The van der Waals surface area contributed by atoms with E-state index in [1.807, 2.05) is 32.0 Å². The topological polar surface area (TPSA) is 41.9 Å². The van der Waals surface area contributed by atoms with Crippen molar-refractivity contribution in [1.29, 1.82) is 0 Å². The lowest BCUT2D eigenvalue weighted by Gasteiger charge is -2.35. The number of benzene rings is 4. The van der Waals surface area contributed by atoms with E-state index in [0.29, 0.717) is 13.2 Å². The van der Waals surface area contributed by atoms with Crippen LogP contribution in [0.5, 0.6) is 5.75 Å². The van der Waals surface area contributed by atoms with Gasteiger partial charge in [-0.3, -0.25) is 4.90 Å². The third-order valence-corrected chi connectivity index (χ3v) is 8.09. The Kier molecular flexibility index (Phi) is 8.77. The summed E-state index contributed by atoms with van der Waals surface area (Å²) in [5.41, 5.74) is 7.99. The van der Waals surface area contributed by atoms with E-state index in [4.69, 9.17) is 9.47 Å². The van der Waals surface area contributed by atoms with Gasteiger partial charge in [-0.05, 0) is 66.8 Å². The molecule has 1 heterocycles. The van der Waals surface area contributed by atoms with Gasteiger partial charge < -0.3 is 14.6 Å². The molecule has 1 aliphatic heterocycles. The van der Waals surface area contributed by atoms with E-state index in [0.717, 1.165) is 34.3 Å². The van der Waals surface area contributed by atoms with Gasteiger partial charge in [0.2, 0.25) is 5.79 Å². The third kappa shape index (κ3) is 7.02. The van der Waals surface area contributed by atoms with E-state index < -0.39 is 11.9 Å². The second-order valence-corrected chi connectivity index (χ2v) is 12.2. The first kappa shape index (κ1) is 28.6. The summed E-state index contributed by atoms with van der Waals surface area (Å²) in [5.74, 6) is 0.170. The maximum atomic E-state index is 11.6. The molecular formula is C35H38BrNO3. The van der Waals surface area contributed by atoms with E-state index in [-0.39, 0.29) is 6.04 Å². The average molecular weight is 601 g/mol. The maximum absolute atomic E-state index is 11.6. The molecule has 208 valence electrons. The number of nitrogens with zero attached hydrogens (tertiary/aromatic N) is 1. The highest BCUT2D eigenvalue weighted by atomic mass is 79.9. The molecule has 0 aliphatic carbocycles. The predicted molar refractivity (Wildman–Crippen MR) is 165 cm³/mol. The van der Waals surface area contributed by atoms with Crippen LogP contribution in [0.1, 0.15) is 64.9 Å². The van der Waals surface area contributed by atoms with E-state index in [1.165, 1.54) is 27.8 Å². The van der Waals surface area contributed by atoms with Gasteiger partial charge in [0.05, 0.1) is 18.8 Å². The Morgan fingerprint density at radius 2 is 1.40 bits per heavy atom. The number of ether oxygens (including phenoxy) is 2. The molecule has 5 rings (SSSR count).